The van der Waals surface area contributed by atoms with Crippen LogP contribution in [0.25, 0.3) is 0 Å². The largest absolute Gasteiger partial charge is 0.264 e. The highest BCUT2D eigenvalue weighted by molar-refractivity contribution is 7.90. The molecule has 0 aliphatic heterocycles. The number of benzene rings is 2. The third-order valence-electron chi connectivity index (χ3n) is 4.58. The second kappa shape index (κ2) is 8.44. The van der Waals surface area contributed by atoms with E-state index in [0.717, 1.165) is 22.9 Å². The first-order chi connectivity index (χ1) is 13.7. The van der Waals surface area contributed by atoms with E-state index < -0.39 is 19.9 Å². The third-order valence-corrected chi connectivity index (χ3v) is 7.51. The minimum atomic E-state index is -3.87. The lowest BCUT2D eigenvalue weighted by molar-refractivity contribution is 0.400. The predicted octanol–water partition coefficient (Wildman–Crippen LogP) is 3.18. The van der Waals surface area contributed by atoms with Gasteiger partial charge in [0, 0.05) is 31.7 Å². The molecule has 0 fully saturated rings. The number of sulfonamides is 1. The molecule has 152 valence electrons. The fourth-order valence-corrected chi connectivity index (χ4v) is 4.94. The van der Waals surface area contributed by atoms with Crippen LogP contribution in [-0.2, 0) is 33.0 Å². The van der Waals surface area contributed by atoms with Gasteiger partial charge in [0.15, 0.2) is 9.84 Å². The lowest BCUT2D eigenvalue weighted by Crippen LogP contribution is -2.30. The van der Waals surface area contributed by atoms with Gasteiger partial charge < -0.3 is 0 Å². The van der Waals surface area contributed by atoms with Crippen LogP contribution in [0, 0.1) is 6.92 Å². The van der Waals surface area contributed by atoms with Crippen LogP contribution < -0.4 is 0 Å². The van der Waals surface area contributed by atoms with Crippen LogP contribution in [0.2, 0.25) is 0 Å². The van der Waals surface area contributed by atoms with Crippen LogP contribution in [0.1, 0.15) is 16.7 Å². The monoisotopic (exact) mass is 430 g/mol. The molecule has 3 aromatic rings. The summed E-state index contributed by atoms with van der Waals surface area (Å²) in [4.78, 5) is 4.19. The molecule has 0 N–H and O–H groups in total. The van der Waals surface area contributed by atoms with Crippen LogP contribution in [0.5, 0.6) is 0 Å². The molecule has 0 spiro atoms. The van der Waals surface area contributed by atoms with E-state index >= 15 is 0 Å². The molecule has 0 radical (unpaired) electrons. The Morgan fingerprint density at radius 2 is 1.48 bits per heavy atom. The lowest BCUT2D eigenvalue weighted by atomic mass is 10.1. The topological polar surface area (TPSA) is 84.4 Å². The molecule has 1 heterocycles. The van der Waals surface area contributed by atoms with Gasteiger partial charge in [-0.25, -0.2) is 16.8 Å². The number of hydrogen-bond donors (Lipinski definition) is 0. The first-order valence-corrected chi connectivity index (χ1v) is 12.2. The number of hydrogen-bond acceptors (Lipinski definition) is 5. The molecule has 8 heteroatoms. The number of aromatic nitrogens is 1. The Kier molecular flexibility index (Phi) is 6.16. The molecule has 2 aromatic carbocycles. The highest BCUT2D eigenvalue weighted by Gasteiger charge is 2.26. The summed E-state index contributed by atoms with van der Waals surface area (Å²) in [5.41, 5.74) is 2.65. The van der Waals surface area contributed by atoms with Gasteiger partial charge >= 0.3 is 0 Å². The number of pyridine rings is 1. The second-order valence-electron chi connectivity index (χ2n) is 6.80. The maximum Gasteiger partial charge on any atom is 0.243 e. The van der Waals surface area contributed by atoms with Crippen LogP contribution in [0.4, 0.5) is 0 Å². The molecule has 0 saturated heterocycles. The predicted molar refractivity (Wildman–Crippen MR) is 111 cm³/mol. The summed E-state index contributed by atoms with van der Waals surface area (Å²) >= 11 is 0. The van der Waals surface area contributed by atoms with E-state index in [1.54, 1.807) is 18.5 Å². The minimum Gasteiger partial charge on any atom is -0.264 e. The van der Waals surface area contributed by atoms with Crippen molar-refractivity contribution >= 4 is 19.9 Å². The van der Waals surface area contributed by atoms with Crippen molar-refractivity contribution in [2.24, 2.45) is 0 Å². The molecule has 6 nitrogen and oxygen atoms in total. The van der Waals surface area contributed by atoms with Gasteiger partial charge in [-0.1, -0.05) is 30.3 Å². The van der Waals surface area contributed by atoms with E-state index in [0.29, 0.717) is 0 Å². The molecule has 0 bridgehead atoms. The Bertz CT molecular complexity index is 1190. The van der Waals surface area contributed by atoms with Gasteiger partial charge in [0.25, 0.3) is 0 Å². The van der Waals surface area contributed by atoms with Crippen molar-refractivity contribution in [3.8, 4) is 0 Å². The molecule has 0 unspecified atom stereocenters. The smallest absolute Gasteiger partial charge is 0.243 e. The Labute approximate surface area is 171 Å². The summed E-state index contributed by atoms with van der Waals surface area (Å²) in [6.07, 6.45) is 4.35. The zero-order valence-corrected chi connectivity index (χ0v) is 17.8. The summed E-state index contributed by atoms with van der Waals surface area (Å²) in [6, 6.07) is 16.5. The Hall–Kier alpha value is -2.55. The number of aryl methyl sites for hydroxylation is 1. The van der Waals surface area contributed by atoms with Gasteiger partial charge in [0.1, 0.15) is 0 Å². The summed E-state index contributed by atoms with van der Waals surface area (Å²) in [7, 11) is -7.27. The summed E-state index contributed by atoms with van der Waals surface area (Å²) in [5, 5.41) is 0. The fourth-order valence-electron chi connectivity index (χ4n) is 2.91. The van der Waals surface area contributed by atoms with Crippen LogP contribution >= 0.6 is 0 Å². The van der Waals surface area contributed by atoms with Crippen molar-refractivity contribution < 1.29 is 16.8 Å². The molecule has 0 aliphatic carbocycles. The zero-order valence-electron chi connectivity index (χ0n) is 16.2. The van der Waals surface area contributed by atoms with Crippen molar-refractivity contribution in [1.82, 2.24) is 9.29 Å². The van der Waals surface area contributed by atoms with Crippen LogP contribution in [-0.4, -0.2) is 32.4 Å². The number of rotatable bonds is 7. The molecule has 0 saturated carbocycles. The van der Waals surface area contributed by atoms with Crippen LogP contribution in [0.3, 0.4) is 0 Å². The Morgan fingerprint density at radius 3 is 2.07 bits per heavy atom. The quantitative estimate of drug-likeness (QED) is 0.575. The van der Waals surface area contributed by atoms with E-state index in [-0.39, 0.29) is 22.9 Å². The van der Waals surface area contributed by atoms with E-state index in [1.165, 1.54) is 28.6 Å². The summed E-state index contributed by atoms with van der Waals surface area (Å²) in [6.45, 7) is 2.28. The van der Waals surface area contributed by atoms with Gasteiger partial charge in [-0.3, -0.25) is 4.98 Å². The normalized spacial score (nSPS) is 12.2. The summed E-state index contributed by atoms with van der Waals surface area (Å²) < 4.78 is 51.5. The first kappa shape index (κ1) is 21.2. The fraction of sp³-hybridized carbons (Fsp3) is 0.190. The first-order valence-electron chi connectivity index (χ1n) is 8.91. The third kappa shape index (κ3) is 5.09. The Morgan fingerprint density at radius 1 is 0.828 bits per heavy atom. The van der Waals surface area contributed by atoms with E-state index in [2.05, 4.69) is 4.98 Å². The molecule has 1 aromatic heterocycles. The maximum absolute atomic E-state index is 13.4. The van der Waals surface area contributed by atoms with Crippen molar-refractivity contribution in [3.05, 3.63) is 89.7 Å². The average molecular weight is 431 g/mol. The zero-order chi connectivity index (χ0) is 21.1. The molecule has 0 aliphatic rings. The van der Waals surface area contributed by atoms with Crippen molar-refractivity contribution in [2.45, 2.75) is 29.8 Å². The average Bonchev–Trinajstić information content (AvgIpc) is 2.69. The maximum atomic E-state index is 13.4. The van der Waals surface area contributed by atoms with Crippen molar-refractivity contribution in [3.63, 3.8) is 0 Å². The second-order valence-corrected chi connectivity index (χ2v) is 10.8. The van der Waals surface area contributed by atoms with Gasteiger partial charge in [-0.2, -0.15) is 4.31 Å². The highest BCUT2D eigenvalue weighted by Crippen LogP contribution is 2.23. The molecular formula is C21H22N2O4S2. The number of sulfone groups is 1. The van der Waals surface area contributed by atoms with Gasteiger partial charge in [-0.05, 0) is 53.9 Å². The number of nitrogens with zero attached hydrogens (tertiary/aromatic N) is 2. The molecule has 3 rings (SSSR count). The SMILES string of the molecule is Cc1ccccc1CN(Cc1cccnc1)S(=O)(=O)c1ccc(S(C)(=O)=O)cc1. The standard InChI is InChI=1S/C21H22N2O4S2/c1-17-6-3-4-8-19(17)16-23(15-18-7-5-13-22-14-18)29(26,27)21-11-9-20(10-12-21)28(2,24)25/h3-14H,15-16H2,1-2H3. The van der Waals surface area contributed by atoms with Gasteiger partial charge in [0.2, 0.25) is 10.0 Å². The van der Waals surface area contributed by atoms with Gasteiger partial charge in [0.05, 0.1) is 9.79 Å². The minimum absolute atomic E-state index is 0.0439. The van der Waals surface area contributed by atoms with Crippen molar-refractivity contribution in [2.75, 3.05) is 6.26 Å². The lowest BCUT2D eigenvalue weighted by Gasteiger charge is -2.23. The van der Waals surface area contributed by atoms with E-state index in [9.17, 15) is 16.8 Å². The van der Waals surface area contributed by atoms with E-state index in [1.807, 2.05) is 37.3 Å². The molecule has 29 heavy (non-hydrogen) atoms. The van der Waals surface area contributed by atoms with Gasteiger partial charge in [-0.15, -0.1) is 0 Å². The Balaban J connectivity index is 2.00. The molecule has 0 atom stereocenters. The van der Waals surface area contributed by atoms with E-state index in [4.69, 9.17) is 0 Å². The van der Waals surface area contributed by atoms with Crippen molar-refractivity contribution in [1.29, 1.82) is 0 Å². The summed E-state index contributed by atoms with van der Waals surface area (Å²) in [5.74, 6) is 0. The van der Waals surface area contributed by atoms with Crippen LogP contribution in [0.15, 0.2) is 82.8 Å². The molecular weight excluding hydrogens is 408 g/mol. The molecule has 0 amide bonds. The highest BCUT2D eigenvalue weighted by atomic mass is 32.2.